The second-order valence-electron chi connectivity index (χ2n) is 2.98. The summed E-state index contributed by atoms with van der Waals surface area (Å²) >= 11 is 0. The summed E-state index contributed by atoms with van der Waals surface area (Å²) in [5.74, 6) is 0.345. The van der Waals surface area contributed by atoms with E-state index in [1.54, 1.807) is 13.0 Å². The molecular weight excluding hydrogens is 196 g/mol. The van der Waals surface area contributed by atoms with Crippen LogP contribution in [0.1, 0.15) is 12.5 Å². The fraction of sp³-hybridized carbons (Fsp3) is 0.364. The van der Waals surface area contributed by atoms with Gasteiger partial charge in [-0.05, 0) is 25.1 Å². The zero-order valence-electron chi connectivity index (χ0n) is 8.82. The number of hydrogen-bond acceptors (Lipinski definition) is 4. The summed E-state index contributed by atoms with van der Waals surface area (Å²) in [6.07, 6.45) is 0.103. The molecule has 0 aromatic heterocycles. The van der Waals surface area contributed by atoms with E-state index < -0.39 is 0 Å². The third-order valence-corrected chi connectivity index (χ3v) is 1.90. The Morgan fingerprint density at radius 1 is 1.47 bits per heavy atom. The number of rotatable bonds is 4. The molecule has 4 heteroatoms. The maximum atomic E-state index is 11.2. The Morgan fingerprint density at radius 3 is 2.80 bits per heavy atom. The second-order valence-corrected chi connectivity index (χ2v) is 2.98. The van der Waals surface area contributed by atoms with Crippen molar-refractivity contribution in [2.75, 3.05) is 13.7 Å². The number of ether oxygens (including phenoxy) is 2. The van der Waals surface area contributed by atoms with Gasteiger partial charge in [0.2, 0.25) is 0 Å². The summed E-state index contributed by atoms with van der Waals surface area (Å²) in [4.78, 5) is 11.2. The molecule has 4 nitrogen and oxygen atoms in total. The largest absolute Gasteiger partial charge is 0.508 e. The monoisotopic (exact) mass is 210 g/mol. The van der Waals surface area contributed by atoms with Crippen LogP contribution in [0.5, 0.6) is 11.5 Å². The Kier molecular flexibility index (Phi) is 3.97. The molecule has 0 saturated carbocycles. The van der Waals surface area contributed by atoms with Crippen molar-refractivity contribution in [3.05, 3.63) is 23.8 Å². The molecule has 82 valence electrons. The molecule has 0 heterocycles. The Labute approximate surface area is 88.4 Å². The normalized spacial score (nSPS) is 9.73. The van der Waals surface area contributed by atoms with Crippen LogP contribution >= 0.6 is 0 Å². The van der Waals surface area contributed by atoms with Crippen molar-refractivity contribution >= 4 is 5.97 Å². The van der Waals surface area contributed by atoms with Crippen LogP contribution in [-0.2, 0) is 16.0 Å². The van der Waals surface area contributed by atoms with Gasteiger partial charge >= 0.3 is 5.97 Å². The van der Waals surface area contributed by atoms with Crippen LogP contribution in [0.2, 0.25) is 0 Å². The second kappa shape index (κ2) is 5.24. The van der Waals surface area contributed by atoms with E-state index >= 15 is 0 Å². The summed E-state index contributed by atoms with van der Waals surface area (Å²) in [6, 6.07) is 4.62. The highest BCUT2D eigenvalue weighted by atomic mass is 16.5. The minimum Gasteiger partial charge on any atom is -0.508 e. The number of carbonyl (C=O) groups excluding carboxylic acids is 1. The van der Waals surface area contributed by atoms with E-state index in [2.05, 4.69) is 0 Å². The summed E-state index contributed by atoms with van der Waals surface area (Å²) in [5, 5.41) is 9.27. The van der Waals surface area contributed by atoms with Crippen LogP contribution in [-0.4, -0.2) is 24.8 Å². The summed E-state index contributed by atoms with van der Waals surface area (Å²) in [7, 11) is 1.51. The van der Waals surface area contributed by atoms with Gasteiger partial charge in [-0.15, -0.1) is 0 Å². The van der Waals surface area contributed by atoms with Crippen molar-refractivity contribution in [2.45, 2.75) is 13.3 Å². The number of phenols is 1. The molecule has 1 aromatic carbocycles. The fourth-order valence-corrected chi connectivity index (χ4v) is 1.27. The molecule has 0 aliphatic rings. The predicted octanol–water partition coefficient (Wildman–Crippen LogP) is 1.51. The molecule has 0 amide bonds. The first-order chi connectivity index (χ1) is 7.17. The number of aromatic hydroxyl groups is 1. The van der Waals surface area contributed by atoms with Crippen molar-refractivity contribution in [3.8, 4) is 11.5 Å². The summed E-state index contributed by atoms with van der Waals surface area (Å²) < 4.78 is 9.87. The molecule has 0 fully saturated rings. The number of methoxy groups -OCH3 is 1. The maximum Gasteiger partial charge on any atom is 0.310 e. The number of phenolic OH excluding ortho intramolecular Hbond substituents is 1. The predicted molar refractivity (Wildman–Crippen MR) is 55.0 cm³/mol. The molecule has 0 aliphatic heterocycles. The topological polar surface area (TPSA) is 55.8 Å². The van der Waals surface area contributed by atoms with Crippen LogP contribution in [0.3, 0.4) is 0 Å². The van der Waals surface area contributed by atoms with Gasteiger partial charge in [0.15, 0.2) is 0 Å². The van der Waals surface area contributed by atoms with E-state index in [4.69, 9.17) is 9.47 Å². The number of esters is 1. The standard InChI is InChI=1S/C11H14O4/c1-3-15-11(13)7-8-6-9(12)4-5-10(8)14-2/h4-6,12H,3,7H2,1-2H3. The lowest BCUT2D eigenvalue weighted by Gasteiger charge is -2.08. The number of carbonyl (C=O) groups is 1. The zero-order valence-corrected chi connectivity index (χ0v) is 8.82. The van der Waals surface area contributed by atoms with Crippen LogP contribution in [0, 0.1) is 0 Å². The Morgan fingerprint density at radius 2 is 2.20 bits per heavy atom. The first-order valence-electron chi connectivity index (χ1n) is 4.69. The van der Waals surface area contributed by atoms with E-state index in [-0.39, 0.29) is 18.1 Å². The first-order valence-corrected chi connectivity index (χ1v) is 4.69. The SMILES string of the molecule is CCOC(=O)Cc1cc(O)ccc1OC. The van der Waals surface area contributed by atoms with E-state index in [1.807, 2.05) is 0 Å². The third kappa shape index (κ3) is 3.16. The minimum absolute atomic E-state index is 0.103. The molecule has 0 radical (unpaired) electrons. The van der Waals surface area contributed by atoms with Gasteiger partial charge in [-0.1, -0.05) is 0 Å². The van der Waals surface area contributed by atoms with Gasteiger partial charge in [-0.3, -0.25) is 4.79 Å². The van der Waals surface area contributed by atoms with Gasteiger partial charge < -0.3 is 14.6 Å². The van der Waals surface area contributed by atoms with Gasteiger partial charge in [-0.25, -0.2) is 0 Å². The van der Waals surface area contributed by atoms with Crippen LogP contribution in [0.4, 0.5) is 0 Å². The average Bonchev–Trinajstić information content (AvgIpc) is 2.18. The lowest BCUT2D eigenvalue weighted by atomic mass is 10.1. The van der Waals surface area contributed by atoms with Crippen LogP contribution < -0.4 is 4.74 Å². The Bertz CT molecular complexity index is 346. The molecule has 1 N–H and O–H groups in total. The van der Waals surface area contributed by atoms with Gasteiger partial charge in [0.05, 0.1) is 20.1 Å². The maximum absolute atomic E-state index is 11.2. The molecular formula is C11H14O4. The van der Waals surface area contributed by atoms with Gasteiger partial charge in [0, 0.05) is 5.56 Å². The van der Waals surface area contributed by atoms with Crippen LogP contribution in [0.15, 0.2) is 18.2 Å². The highest BCUT2D eigenvalue weighted by molar-refractivity contribution is 5.73. The zero-order chi connectivity index (χ0) is 11.3. The third-order valence-electron chi connectivity index (χ3n) is 1.90. The Hall–Kier alpha value is -1.71. The van der Waals surface area contributed by atoms with Gasteiger partial charge in [-0.2, -0.15) is 0 Å². The number of benzene rings is 1. The van der Waals surface area contributed by atoms with E-state index in [1.165, 1.54) is 19.2 Å². The first kappa shape index (κ1) is 11.4. The molecule has 1 aromatic rings. The molecule has 1 rings (SSSR count). The van der Waals surface area contributed by atoms with Gasteiger partial charge in [0.1, 0.15) is 11.5 Å². The van der Waals surface area contributed by atoms with Crippen molar-refractivity contribution < 1.29 is 19.4 Å². The molecule has 0 atom stereocenters. The summed E-state index contributed by atoms with van der Waals surface area (Å²) in [6.45, 7) is 2.09. The molecule has 0 spiro atoms. The molecule has 15 heavy (non-hydrogen) atoms. The van der Waals surface area contributed by atoms with E-state index in [0.717, 1.165) is 0 Å². The summed E-state index contributed by atoms with van der Waals surface area (Å²) in [5.41, 5.74) is 0.621. The molecule has 0 aliphatic carbocycles. The molecule has 0 unspecified atom stereocenters. The fourth-order valence-electron chi connectivity index (χ4n) is 1.27. The van der Waals surface area contributed by atoms with Gasteiger partial charge in [0.25, 0.3) is 0 Å². The smallest absolute Gasteiger partial charge is 0.310 e. The minimum atomic E-state index is -0.332. The Balaban J connectivity index is 2.82. The van der Waals surface area contributed by atoms with Crippen molar-refractivity contribution in [1.82, 2.24) is 0 Å². The molecule has 0 bridgehead atoms. The quantitative estimate of drug-likeness (QED) is 0.765. The van der Waals surface area contributed by atoms with E-state index in [9.17, 15) is 9.90 Å². The van der Waals surface area contributed by atoms with Crippen molar-refractivity contribution in [1.29, 1.82) is 0 Å². The molecule has 0 saturated heterocycles. The highest BCUT2D eigenvalue weighted by Gasteiger charge is 2.09. The van der Waals surface area contributed by atoms with Crippen molar-refractivity contribution in [3.63, 3.8) is 0 Å². The van der Waals surface area contributed by atoms with E-state index in [0.29, 0.717) is 17.9 Å². The van der Waals surface area contributed by atoms with Crippen molar-refractivity contribution in [2.24, 2.45) is 0 Å². The van der Waals surface area contributed by atoms with Crippen LogP contribution in [0.25, 0.3) is 0 Å². The number of hydrogen-bond donors (Lipinski definition) is 1. The average molecular weight is 210 g/mol. The highest BCUT2D eigenvalue weighted by Crippen LogP contribution is 2.23. The lowest BCUT2D eigenvalue weighted by Crippen LogP contribution is -2.08. The lowest BCUT2D eigenvalue weighted by molar-refractivity contribution is -0.142.